The van der Waals surface area contributed by atoms with E-state index in [2.05, 4.69) is 120 Å². The monoisotopic (exact) mass is 562 g/mol. The summed E-state index contributed by atoms with van der Waals surface area (Å²) < 4.78 is 0. The fourth-order valence-electron chi connectivity index (χ4n) is 3.11. The van der Waals surface area contributed by atoms with Crippen LogP contribution in [0.15, 0.2) is 115 Å². The molecule has 0 spiro atoms. The Morgan fingerprint density at radius 2 is 0.561 bits per heavy atom. The molecule has 41 heavy (non-hydrogen) atoms. The average molecular weight is 562 g/mol. The van der Waals surface area contributed by atoms with Gasteiger partial charge in [-0.1, -0.05) is 196 Å². The first kappa shape index (κ1) is 47.5. The molecular weight excluding hydrogens is 494 g/mol. The minimum Gasteiger partial charge on any atom is -0.310 e. The van der Waals surface area contributed by atoms with E-state index in [9.17, 15) is 0 Å². The molecule has 0 atom stereocenters. The molecule has 1 nitrogen and oxygen atoms in total. The molecule has 0 fully saturated rings. The Bertz CT molecular complexity index is 892. The molecule has 0 saturated carbocycles. The Morgan fingerprint density at radius 1 is 0.293 bits per heavy atom. The van der Waals surface area contributed by atoms with Gasteiger partial charge in [-0.25, -0.2) is 0 Å². The van der Waals surface area contributed by atoms with E-state index in [1.807, 2.05) is 111 Å². The molecular formula is C40H67N. The van der Waals surface area contributed by atoms with Gasteiger partial charge in [-0.15, -0.1) is 0 Å². The van der Waals surface area contributed by atoms with E-state index in [1.54, 1.807) is 0 Å². The largest absolute Gasteiger partial charge is 0.310 e. The third-order valence-corrected chi connectivity index (χ3v) is 4.26. The lowest BCUT2D eigenvalue weighted by Gasteiger charge is -2.27. The predicted octanol–water partition coefficient (Wildman–Crippen LogP) is 15.0. The second-order valence-corrected chi connectivity index (χ2v) is 5.89. The molecule has 0 N–H and O–H groups in total. The lowest BCUT2D eigenvalue weighted by atomic mass is 10.0. The van der Waals surface area contributed by atoms with Gasteiger partial charge in [-0.3, -0.25) is 0 Å². The lowest BCUT2D eigenvalue weighted by molar-refractivity contribution is 1.28. The fourth-order valence-corrected chi connectivity index (χ4v) is 3.11. The van der Waals surface area contributed by atoms with Crippen LogP contribution in [0.4, 0.5) is 17.1 Å². The second kappa shape index (κ2) is 41.2. The van der Waals surface area contributed by atoms with E-state index in [-0.39, 0.29) is 0 Å². The van der Waals surface area contributed by atoms with Gasteiger partial charge >= 0.3 is 0 Å². The third kappa shape index (κ3) is 19.4. The molecule has 232 valence electrons. The number of rotatable bonds is 4. The van der Waals surface area contributed by atoms with Gasteiger partial charge in [0.25, 0.3) is 0 Å². The maximum absolute atomic E-state index is 2.31. The van der Waals surface area contributed by atoms with Gasteiger partial charge in [0.1, 0.15) is 0 Å². The van der Waals surface area contributed by atoms with Crippen LogP contribution in [0.25, 0.3) is 11.1 Å². The van der Waals surface area contributed by atoms with Crippen LogP contribution in [0.3, 0.4) is 0 Å². The fraction of sp³-hybridized carbons (Fsp3) is 0.400. The highest BCUT2D eigenvalue weighted by Crippen LogP contribution is 2.40. The minimum atomic E-state index is 1.15. The lowest BCUT2D eigenvalue weighted by Crippen LogP contribution is -2.10. The summed E-state index contributed by atoms with van der Waals surface area (Å²) in [5, 5.41) is 0. The summed E-state index contributed by atoms with van der Waals surface area (Å²) in [4.78, 5) is 2.31. The van der Waals surface area contributed by atoms with Crippen LogP contribution >= 0.6 is 0 Å². The van der Waals surface area contributed by atoms with Gasteiger partial charge in [0, 0.05) is 16.9 Å². The molecule has 1 heteroatoms. The number of benzene rings is 4. The van der Waals surface area contributed by atoms with Crippen molar-refractivity contribution in [2.45, 2.75) is 111 Å². The van der Waals surface area contributed by atoms with Crippen molar-refractivity contribution in [2.24, 2.45) is 0 Å². The highest BCUT2D eigenvalue weighted by molar-refractivity contribution is 5.87. The van der Waals surface area contributed by atoms with Gasteiger partial charge in [0.05, 0.1) is 5.69 Å². The Hall–Kier alpha value is -3.32. The first-order chi connectivity index (χ1) is 20.4. The van der Waals surface area contributed by atoms with Crippen molar-refractivity contribution in [1.29, 1.82) is 0 Å². The van der Waals surface area contributed by atoms with Crippen LogP contribution in [-0.2, 0) is 0 Å². The molecule has 0 unspecified atom stereocenters. The van der Waals surface area contributed by atoms with Crippen molar-refractivity contribution in [2.75, 3.05) is 4.90 Å². The number of anilines is 3. The summed E-state index contributed by atoms with van der Waals surface area (Å²) in [7, 11) is 0. The summed E-state index contributed by atoms with van der Waals surface area (Å²) in [6, 6.07) is 40.1. The van der Waals surface area contributed by atoms with Crippen molar-refractivity contribution < 1.29 is 0 Å². The zero-order valence-corrected chi connectivity index (χ0v) is 29.9. The number of nitrogens with zero attached hydrogens (tertiary/aromatic N) is 1. The first-order valence-electron chi connectivity index (χ1n) is 16.5. The molecule has 0 saturated heterocycles. The van der Waals surface area contributed by atoms with Gasteiger partial charge < -0.3 is 4.90 Å². The van der Waals surface area contributed by atoms with Gasteiger partial charge in [-0.05, 0) is 35.9 Å². The van der Waals surface area contributed by atoms with Crippen molar-refractivity contribution in [3.63, 3.8) is 0 Å². The van der Waals surface area contributed by atoms with Crippen molar-refractivity contribution in [3.8, 4) is 11.1 Å². The topological polar surface area (TPSA) is 3.24 Å². The van der Waals surface area contributed by atoms with Crippen molar-refractivity contribution >= 4 is 17.1 Å². The molecule has 0 aliphatic rings. The second-order valence-electron chi connectivity index (χ2n) is 5.89. The van der Waals surface area contributed by atoms with Crippen LogP contribution in [0.1, 0.15) is 111 Å². The zero-order valence-electron chi connectivity index (χ0n) is 29.9. The molecule has 0 radical (unpaired) electrons. The highest BCUT2D eigenvalue weighted by Gasteiger charge is 2.15. The molecule has 0 aliphatic carbocycles. The van der Waals surface area contributed by atoms with Crippen LogP contribution in [0.5, 0.6) is 0 Å². The average Bonchev–Trinajstić information content (AvgIpc) is 3.13. The Balaban J connectivity index is -0.000000235. The van der Waals surface area contributed by atoms with Gasteiger partial charge in [0.2, 0.25) is 0 Å². The minimum absolute atomic E-state index is 1.15. The van der Waals surface area contributed by atoms with E-state index >= 15 is 0 Å². The summed E-state index contributed by atoms with van der Waals surface area (Å²) >= 11 is 0. The highest BCUT2D eigenvalue weighted by atomic mass is 15.1. The zero-order chi connectivity index (χ0) is 32.9. The van der Waals surface area contributed by atoms with E-state index in [0.29, 0.717) is 0 Å². The molecule has 4 aromatic rings. The molecule has 0 amide bonds. The normalized spacial score (nSPS) is 7.51. The standard InChI is InChI=1S/C24H19N.8C2H6/c1-4-12-20(13-5-1)23-18-10-11-19-24(23)25(21-14-6-2-7-15-21)22-16-8-3-9-17-22;8*1-2/h1-19H;8*1-2H3. The summed E-state index contributed by atoms with van der Waals surface area (Å²) in [6.45, 7) is 32.0. The molecule has 0 aliphatic heterocycles. The Kier molecular flexibility index (Phi) is 47.7. The maximum Gasteiger partial charge on any atom is 0.0540 e. The van der Waals surface area contributed by atoms with Gasteiger partial charge in [0.15, 0.2) is 0 Å². The molecule has 0 heterocycles. The predicted molar refractivity (Wildman–Crippen MR) is 197 cm³/mol. The van der Waals surface area contributed by atoms with Gasteiger partial charge in [-0.2, -0.15) is 0 Å². The van der Waals surface area contributed by atoms with Crippen LogP contribution in [0.2, 0.25) is 0 Å². The van der Waals surface area contributed by atoms with E-state index in [4.69, 9.17) is 0 Å². The third-order valence-electron chi connectivity index (χ3n) is 4.26. The SMILES string of the molecule is CC.CC.CC.CC.CC.CC.CC.CC.c1ccc(-c2ccccc2N(c2ccccc2)c2ccccc2)cc1. The van der Waals surface area contributed by atoms with Crippen LogP contribution < -0.4 is 4.90 Å². The maximum atomic E-state index is 2.31. The summed E-state index contributed by atoms with van der Waals surface area (Å²) in [6.07, 6.45) is 0. The van der Waals surface area contributed by atoms with Crippen molar-refractivity contribution in [3.05, 3.63) is 115 Å². The van der Waals surface area contributed by atoms with E-state index < -0.39 is 0 Å². The van der Waals surface area contributed by atoms with Crippen LogP contribution in [0, 0.1) is 0 Å². The molecule has 0 aromatic heterocycles. The van der Waals surface area contributed by atoms with Crippen molar-refractivity contribution in [1.82, 2.24) is 0 Å². The number of hydrogen-bond donors (Lipinski definition) is 0. The molecule has 4 rings (SSSR count). The summed E-state index contributed by atoms with van der Waals surface area (Å²) in [5.41, 5.74) is 5.91. The molecule has 0 bridgehead atoms. The Morgan fingerprint density at radius 3 is 0.902 bits per heavy atom. The first-order valence-corrected chi connectivity index (χ1v) is 16.5. The number of hydrogen-bond acceptors (Lipinski definition) is 1. The molecule has 4 aromatic carbocycles. The smallest absolute Gasteiger partial charge is 0.0540 e. The van der Waals surface area contributed by atoms with E-state index in [0.717, 1.165) is 11.4 Å². The summed E-state index contributed by atoms with van der Waals surface area (Å²) in [5.74, 6) is 0. The van der Waals surface area contributed by atoms with Crippen LogP contribution in [-0.4, -0.2) is 0 Å². The quantitative estimate of drug-likeness (QED) is 0.239. The number of para-hydroxylation sites is 3. The Labute approximate surface area is 258 Å². The van der Waals surface area contributed by atoms with E-state index in [1.165, 1.54) is 16.8 Å².